The number of benzene rings is 2. The number of carbonyl (C=O) groups is 1. The van der Waals surface area contributed by atoms with E-state index in [-0.39, 0.29) is 30.0 Å². The summed E-state index contributed by atoms with van der Waals surface area (Å²) in [6.45, 7) is 6.45. The Labute approximate surface area is 209 Å². The molecule has 0 radical (unpaired) electrons. The van der Waals surface area contributed by atoms with E-state index in [1.54, 1.807) is 31.8 Å². The van der Waals surface area contributed by atoms with Gasteiger partial charge in [-0.15, -0.1) is 0 Å². The maximum absolute atomic E-state index is 14.5. The zero-order valence-electron chi connectivity index (χ0n) is 20.8. The first-order chi connectivity index (χ1) is 16.9. The third-order valence-corrected chi connectivity index (χ3v) is 4.82. The van der Waals surface area contributed by atoms with Gasteiger partial charge in [-0.25, -0.2) is 18.7 Å². The Bertz CT molecular complexity index is 872. The van der Waals surface area contributed by atoms with Crippen molar-refractivity contribution in [3.63, 3.8) is 0 Å². The van der Waals surface area contributed by atoms with E-state index in [4.69, 9.17) is 9.94 Å². The van der Waals surface area contributed by atoms with Crippen molar-refractivity contribution >= 4 is 29.4 Å². The lowest BCUT2D eigenvalue weighted by Crippen LogP contribution is -2.17. The Balaban J connectivity index is 0.00000126. The SMILES string of the molecule is CC.CNOCCO.CSCCCONCc1cc(C=O)c(Nc2ccc(C)cc2F)c(F)c1F. The summed E-state index contributed by atoms with van der Waals surface area (Å²) in [5.41, 5.74) is 5.00. The third kappa shape index (κ3) is 12.4. The number of hydroxylamine groups is 2. The summed E-state index contributed by atoms with van der Waals surface area (Å²) in [5.74, 6) is -2.08. The molecule has 0 heterocycles. The predicted octanol–water partition coefficient (Wildman–Crippen LogP) is 4.90. The van der Waals surface area contributed by atoms with Crippen molar-refractivity contribution in [1.29, 1.82) is 0 Å². The van der Waals surface area contributed by atoms with Gasteiger partial charge in [-0.3, -0.25) is 9.63 Å². The highest BCUT2D eigenvalue weighted by atomic mass is 32.2. The first kappa shape index (κ1) is 32.8. The van der Waals surface area contributed by atoms with Crippen LogP contribution in [0.4, 0.5) is 24.5 Å². The van der Waals surface area contributed by atoms with E-state index in [2.05, 4.69) is 21.1 Å². The molecule has 0 atom stereocenters. The average Bonchev–Trinajstić information content (AvgIpc) is 2.87. The van der Waals surface area contributed by atoms with Crippen molar-refractivity contribution in [2.24, 2.45) is 0 Å². The summed E-state index contributed by atoms with van der Waals surface area (Å²) in [7, 11) is 1.65. The molecule has 2 aromatic rings. The number of aliphatic hydroxyl groups is 1. The molecule has 35 heavy (non-hydrogen) atoms. The number of carbonyl (C=O) groups excluding carboxylic acids is 1. The molecule has 2 aromatic carbocycles. The average molecular weight is 520 g/mol. The quantitative estimate of drug-likeness (QED) is 0.169. The van der Waals surface area contributed by atoms with Gasteiger partial charge in [0.05, 0.1) is 31.2 Å². The van der Waals surface area contributed by atoms with Crippen molar-refractivity contribution in [3.05, 3.63) is 58.4 Å². The van der Waals surface area contributed by atoms with Crippen LogP contribution in [0.2, 0.25) is 0 Å². The van der Waals surface area contributed by atoms with Crippen LogP contribution in [0.3, 0.4) is 0 Å². The van der Waals surface area contributed by atoms with Crippen LogP contribution in [0.15, 0.2) is 24.3 Å². The van der Waals surface area contributed by atoms with Gasteiger partial charge in [0.2, 0.25) is 0 Å². The maximum Gasteiger partial charge on any atom is 0.183 e. The first-order valence-corrected chi connectivity index (χ1v) is 12.5. The van der Waals surface area contributed by atoms with Gasteiger partial charge in [-0.05, 0) is 49.1 Å². The molecular formula is C24H36F3N3O4S. The molecule has 198 valence electrons. The molecule has 0 unspecified atom stereocenters. The second-order valence-electron chi connectivity index (χ2n) is 6.65. The van der Waals surface area contributed by atoms with Crippen LogP contribution < -0.4 is 16.3 Å². The van der Waals surface area contributed by atoms with Crippen LogP contribution in [0, 0.1) is 24.4 Å². The molecule has 0 saturated heterocycles. The zero-order chi connectivity index (χ0) is 26.6. The van der Waals surface area contributed by atoms with Gasteiger partial charge >= 0.3 is 0 Å². The van der Waals surface area contributed by atoms with E-state index in [0.717, 1.165) is 12.2 Å². The minimum Gasteiger partial charge on any atom is -0.394 e. The standard InChI is InChI=1S/C19H21F3N2O2S.C3H9NO2.C2H6/c1-12-4-5-16(15(20)8-12)24-19-14(11-25)9-13(17(21)18(19)22)10-23-26-6-3-7-27-2;1-4-6-3-2-5;1-2/h4-5,8-9,11,23-24H,3,6-7,10H2,1-2H3;4-5H,2-3H2,1H3;1-2H3. The topological polar surface area (TPSA) is 91.8 Å². The summed E-state index contributed by atoms with van der Waals surface area (Å²) in [6.07, 6.45) is 3.18. The van der Waals surface area contributed by atoms with E-state index < -0.39 is 23.1 Å². The number of hydrogen-bond acceptors (Lipinski definition) is 8. The number of aldehydes is 1. The summed E-state index contributed by atoms with van der Waals surface area (Å²) < 4.78 is 42.8. The fourth-order valence-corrected chi connectivity index (χ4v) is 2.94. The Morgan fingerprint density at radius 3 is 2.34 bits per heavy atom. The lowest BCUT2D eigenvalue weighted by Gasteiger charge is -2.14. The highest BCUT2D eigenvalue weighted by Crippen LogP contribution is 2.29. The van der Waals surface area contributed by atoms with Crippen molar-refractivity contribution < 1.29 is 32.7 Å². The lowest BCUT2D eigenvalue weighted by atomic mass is 10.1. The summed E-state index contributed by atoms with van der Waals surface area (Å²) >= 11 is 1.68. The van der Waals surface area contributed by atoms with Crippen LogP contribution >= 0.6 is 11.8 Å². The maximum atomic E-state index is 14.5. The molecule has 0 fully saturated rings. The Hall–Kier alpha value is -2.15. The molecule has 0 bridgehead atoms. The second-order valence-corrected chi connectivity index (χ2v) is 7.63. The van der Waals surface area contributed by atoms with Gasteiger partial charge in [-0.1, -0.05) is 19.9 Å². The van der Waals surface area contributed by atoms with Crippen molar-refractivity contribution in [1.82, 2.24) is 11.0 Å². The predicted molar refractivity (Wildman–Crippen MR) is 135 cm³/mol. The normalized spacial score (nSPS) is 10.1. The molecule has 0 aliphatic carbocycles. The fourth-order valence-electron chi connectivity index (χ4n) is 2.53. The van der Waals surface area contributed by atoms with Crippen molar-refractivity contribution in [2.75, 3.05) is 44.2 Å². The minimum atomic E-state index is -1.25. The molecule has 0 aliphatic heterocycles. The number of nitrogens with one attached hydrogen (secondary N) is 3. The van der Waals surface area contributed by atoms with E-state index in [1.807, 2.05) is 20.1 Å². The van der Waals surface area contributed by atoms with Gasteiger partial charge in [0.15, 0.2) is 17.9 Å². The van der Waals surface area contributed by atoms with Crippen LogP contribution in [0.5, 0.6) is 0 Å². The van der Waals surface area contributed by atoms with Crippen LogP contribution in [0.1, 0.15) is 41.8 Å². The van der Waals surface area contributed by atoms with Gasteiger partial charge < -0.3 is 15.3 Å². The lowest BCUT2D eigenvalue weighted by molar-refractivity contribution is 0.0314. The largest absolute Gasteiger partial charge is 0.394 e. The van der Waals surface area contributed by atoms with Crippen LogP contribution in [-0.2, 0) is 16.2 Å². The van der Waals surface area contributed by atoms with Crippen LogP contribution in [-0.4, -0.2) is 50.3 Å². The molecule has 0 aromatic heterocycles. The molecule has 0 saturated carbocycles. The summed E-state index contributed by atoms with van der Waals surface area (Å²) in [4.78, 5) is 21.0. The van der Waals surface area contributed by atoms with Gasteiger partial charge in [-0.2, -0.15) is 17.2 Å². The Morgan fingerprint density at radius 1 is 1.09 bits per heavy atom. The smallest absolute Gasteiger partial charge is 0.183 e. The molecule has 11 heteroatoms. The number of aryl methyl sites for hydroxylation is 1. The van der Waals surface area contributed by atoms with Gasteiger partial charge in [0, 0.05) is 24.7 Å². The molecule has 7 nitrogen and oxygen atoms in total. The van der Waals surface area contributed by atoms with Crippen molar-refractivity contribution in [3.8, 4) is 0 Å². The number of rotatable bonds is 13. The van der Waals surface area contributed by atoms with E-state index in [1.165, 1.54) is 18.2 Å². The monoisotopic (exact) mass is 519 g/mol. The highest BCUT2D eigenvalue weighted by Gasteiger charge is 2.19. The number of hydrogen-bond donors (Lipinski definition) is 4. The van der Waals surface area contributed by atoms with Crippen molar-refractivity contribution in [2.45, 2.75) is 33.7 Å². The zero-order valence-corrected chi connectivity index (χ0v) is 21.7. The second kappa shape index (κ2) is 20.1. The fraction of sp³-hybridized carbons (Fsp3) is 0.458. The van der Waals surface area contributed by atoms with Gasteiger partial charge in [0.1, 0.15) is 5.82 Å². The molecular weight excluding hydrogens is 483 g/mol. The Morgan fingerprint density at radius 2 is 1.80 bits per heavy atom. The molecule has 0 spiro atoms. The minimum absolute atomic E-state index is 0.0509. The summed E-state index contributed by atoms with van der Waals surface area (Å²) in [6, 6.07) is 5.48. The first-order valence-electron chi connectivity index (χ1n) is 11.1. The number of anilines is 2. The molecule has 0 aliphatic rings. The number of thioether (sulfide) groups is 1. The van der Waals surface area contributed by atoms with Crippen LogP contribution in [0.25, 0.3) is 0 Å². The number of aliphatic hydroxyl groups excluding tert-OH is 1. The number of halogens is 3. The van der Waals surface area contributed by atoms with E-state index in [9.17, 15) is 18.0 Å². The van der Waals surface area contributed by atoms with E-state index >= 15 is 0 Å². The third-order valence-electron chi connectivity index (χ3n) is 4.12. The molecule has 0 amide bonds. The highest BCUT2D eigenvalue weighted by molar-refractivity contribution is 7.98. The summed E-state index contributed by atoms with van der Waals surface area (Å²) in [5, 5.41) is 10.5. The van der Waals surface area contributed by atoms with E-state index in [0.29, 0.717) is 25.1 Å². The molecule has 2 rings (SSSR count). The molecule has 4 N–H and O–H groups in total. The Kier molecular flexibility index (Phi) is 18.8. The van der Waals surface area contributed by atoms with Gasteiger partial charge in [0.25, 0.3) is 0 Å².